The van der Waals surface area contributed by atoms with E-state index >= 15 is 0 Å². The molecule has 5 heteroatoms. The van der Waals surface area contributed by atoms with Crippen LogP contribution in [0.1, 0.15) is 45.4 Å². The van der Waals surface area contributed by atoms with E-state index in [4.69, 9.17) is 4.74 Å². The summed E-state index contributed by atoms with van der Waals surface area (Å²) in [4.78, 5) is 17.4. The molecule has 138 valence electrons. The van der Waals surface area contributed by atoms with Gasteiger partial charge >= 0.3 is 0 Å². The van der Waals surface area contributed by atoms with E-state index < -0.39 is 0 Å². The zero-order chi connectivity index (χ0) is 16.8. The molecule has 24 heavy (non-hydrogen) atoms. The summed E-state index contributed by atoms with van der Waals surface area (Å²) >= 11 is 0. The van der Waals surface area contributed by atoms with Gasteiger partial charge in [0.2, 0.25) is 5.91 Å². The summed E-state index contributed by atoms with van der Waals surface area (Å²) in [7, 11) is 0. The first-order valence-electron chi connectivity index (χ1n) is 10.0. The Bertz CT molecular complexity index is 392. The van der Waals surface area contributed by atoms with Crippen molar-refractivity contribution in [3.63, 3.8) is 0 Å². The van der Waals surface area contributed by atoms with Gasteiger partial charge in [-0.05, 0) is 18.8 Å². The molecule has 0 aromatic rings. The molecule has 1 aliphatic carbocycles. The zero-order valence-corrected chi connectivity index (χ0v) is 15.3. The smallest absolute Gasteiger partial charge is 0.223 e. The number of carbonyl (C=O) groups excluding carboxylic acids is 1. The Morgan fingerprint density at radius 1 is 1.08 bits per heavy atom. The lowest BCUT2D eigenvalue weighted by Crippen LogP contribution is -2.43. The van der Waals surface area contributed by atoms with Crippen LogP contribution in [-0.4, -0.2) is 74.2 Å². The van der Waals surface area contributed by atoms with Gasteiger partial charge in [0.15, 0.2) is 0 Å². The highest BCUT2D eigenvalue weighted by molar-refractivity contribution is 5.78. The fourth-order valence-corrected chi connectivity index (χ4v) is 4.46. The summed E-state index contributed by atoms with van der Waals surface area (Å²) in [5.74, 6) is 1.25. The first-order valence-corrected chi connectivity index (χ1v) is 10.0. The molecular weight excluding hydrogens is 302 g/mol. The molecule has 1 amide bonds. The van der Waals surface area contributed by atoms with E-state index in [1.807, 2.05) is 0 Å². The third kappa shape index (κ3) is 5.43. The minimum atomic E-state index is 0.176. The summed E-state index contributed by atoms with van der Waals surface area (Å²) in [6, 6.07) is 0.355. The van der Waals surface area contributed by atoms with Gasteiger partial charge in [-0.3, -0.25) is 14.6 Å². The van der Waals surface area contributed by atoms with Crippen molar-refractivity contribution in [3.05, 3.63) is 0 Å². The molecule has 3 fully saturated rings. The first-order chi connectivity index (χ1) is 11.7. The van der Waals surface area contributed by atoms with Gasteiger partial charge in [0, 0.05) is 51.2 Å². The molecule has 2 atom stereocenters. The van der Waals surface area contributed by atoms with Gasteiger partial charge in [0.1, 0.15) is 0 Å². The highest BCUT2D eigenvalue weighted by Crippen LogP contribution is 2.30. The number of morpholine rings is 1. The van der Waals surface area contributed by atoms with E-state index in [2.05, 4.69) is 22.0 Å². The van der Waals surface area contributed by atoms with Crippen molar-refractivity contribution in [3.8, 4) is 0 Å². The average Bonchev–Trinajstić information content (AvgIpc) is 3.26. The van der Waals surface area contributed by atoms with Crippen LogP contribution in [0.5, 0.6) is 0 Å². The van der Waals surface area contributed by atoms with Gasteiger partial charge in [0.05, 0.1) is 13.2 Å². The predicted molar refractivity (Wildman–Crippen MR) is 96.0 cm³/mol. The number of hydrogen-bond acceptors (Lipinski definition) is 4. The summed E-state index contributed by atoms with van der Waals surface area (Å²) in [6.45, 7) is 10.4. The molecule has 1 N–H and O–H groups in total. The highest BCUT2D eigenvalue weighted by atomic mass is 16.5. The molecule has 1 saturated carbocycles. The number of nitrogens with one attached hydrogen (secondary N) is 1. The Balaban J connectivity index is 1.32. The highest BCUT2D eigenvalue weighted by Gasteiger charge is 2.27. The van der Waals surface area contributed by atoms with E-state index in [1.165, 1.54) is 25.7 Å². The summed E-state index contributed by atoms with van der Waals surface area (Å²) in [5.41, 5.74) is 0. The Kier molecular flexibility index (Phi) is 6.93. The summed E-state index contributed by atoms with van der Waals surface area (Å²) in [6.07, 6.45) is 7.57. The van der Waals surface area contributed by atoms with Crippen molar-refractivity contribution in [2.45, 2.75) is 51.5 Å². The van der Waals surface area contributed by atoms with Crippen LogP contribution in [0.4, 0.5) is 0 Å². The Morgan fingerprint density at radius 3 is 2.54 bits per heavy atom. The molecule has 3 aliphatic rings. The number of carbonyl (C=O) groups is 1. The molecule has 0 aromatic carbocycles. The van der Waals surface area contributed by atoms with Crippen LogP contribution in [0.15, 0.2) is 0 Å². The zero-order valence-electron chi connectivity index (χ0n) is 15.3. The van der Waals surface area contributed by atoms with Crippen LogP contribution < -0.4 is 5.32 Å². The monoisotopic (exact) mass is 337 g/mol. The first kappa shape index (κ1) is 18.2. The fraction of sp³-hybridized carbons (Fsp3) is 0.947. The Morgan fingerprint density at radius 2 is 1.79 bits per heavy atom. The molecule has 2 unspecified atom stereocenters. The van der Waals surface area contributed by atoms with E-state index in [1.54, 1.807) is 0 Å². The van der Waals surface area contributed by atoms with Gasteiger partial charge in [0.25, 0.3) is 0 Å². The van der Waals surface area contributed by atoms with Crippen molar-refractivity contribution in [2.75, 3.05) is 52.5 Å². The second kappa shape index (κ2) is 9.16. The normalized spacial score (nSPS) is 28.3. The van der Waals surface area contributed by atoms with Gasteiger partial charge < -0.3 is 10.1 Å². The minimum absolute atomic E-state index is 0.176. The van der Waals surface area contributed by atoms with Crippen LogP contribution in [0.2, 0.25) is 0 Å². The molecule has 2 heterocycles. The van der Waals surface area contributed by atoms with Crippen LogP contribution >= 0.6 is 0 Å². The maximum atomic E-state index is 12.4. The average molecular weight is 338 g/mol. The second-order valence-electron chi connectivity index (χ2n) is 8.04. The van der Waals surface area contributed by atoms with E-state index in [0.29, 0.717) is 6.04 Å². The molecule has 0 radical (unpaired) electrons. The maximum Gasteiger partial charge on any atom is 0.223 e. The lowest BCUT2D eigenvalue weighted by Gasteiger charge is -2.28. The molecule has 2 saturated heterocycles. The lowest BCUT2D eigenvalue weighted by molar-refractivity contribution is -0.125. The SMILES string of the molecule is CC(CC1CCCC1)C(=O)NC1CCN(CCN2CCOCC2)C1. The fourth-order valence-electron chi connectivity index (χ4n) is 4.46. The van der Waals surface area contributed by atoms with Crippen molar-refractivity contribution in [1.82, 2.24) is 15.1 Å². The number of hydrogen-bond donors (Lipinski definition) is 1. The molecule has 3 rings (SSSR count). The van der Waals surface area contributed by atoms with Gasteiger partial charge in [-0.2, -0.15) is 0 Å². The number of amides is 1. The third-order valence-electron chi connectivity index (χ3n) is 6.06. The largest absolute Gasteiger partial charge is 0.379 e. The number of nitrogens with zero attached hydrogens (tertiary/aromatic N) is 2. The van der Waals surface area contributed by atoms with Gasteiger partial charge in [-0.15, -0.1) is 0 Å². The van der Waals surface area contributed by atoms with E-state index in [-0.39, 0.29) is 11.8 Å². The van der Waals surface area contributed by atoms with Crippen molar-refractivity contribution in [1.29, 1.82) is 0 Å². The molecular formula is C19H35N3O2. The van der Waals surface area contributed by atoms with Gasteiger partial charge in [-0.1, -0.05) is 32.6 Å². The van der Waals surface area contributed by atoms with Crippen LogP contribution in [0.25, 0.3) is 0 Å². The van der Waals surface area contributed by atoms with Crippen molar-refractivity contribution >= 4 is 5.91 Å². The van der Waals surface area contributed by atoms with Gasteiger partial charge in [-0.25, -0.2) is 0 Å². The molecule has 2 aliphatic heterocycles. The van der Waals surface area contributed by atoms with E-state index in [9.17, 15) is 4.79 Å². The third-order valence-corrected chi connectivity index (χ3v) is 6.06. The molecule has 0 bridgehead atoms. The predicted octanol–water partition coefficient (Wildman–Crippen LogP) is 1.73. The molecule has 0 spiro atoms. The van der Waals surface area contributed by atoms with Crippen LogP contribution in [0, 0.1) is 11.8 Å². The molecule has 5 nitrogen and oxygen atoms in total. The molecule has 0 aromatic heterocycles. The van der Waals surface area contributed by atoms with Crippen LogP contribution in [0.3, 0.4) is 0 Å². The number of ether oxygens (including phenoxy) is 1. The standard InChI is InChI=1S/C19H35N3O2/c1-16(14-17-4-2-3-5-17)19(23)20-18-6-7-22(15-18)9-8-21-10-12-24-13-11-21/h16-18H,2-15H2,1H3,(H,20,23). The summed E-state index contributed by atoms with van der Waals surface area (Å²) in [5, 5.41) is 3.31. The Labute approximate surface area is 147 Å². The number of rotatable bonds is 7. The van der Waals surface area contributed by atoms with Crippen molar-refractivity contribution < 1.29 is 9.53 Å². The van der Waals surface area contributed by atoms with E-state index in [0.717, 1.165) is 71.2 Å². The van der Waals surface area contributed by atoms with Crippen molar-refractivity contribution in [2.24, 2.45) is 11.8 Å². The summed E-state index contributed by atoms with van der Waals surface area (Å²) < 4.78 is 5.40. The second-order valence-corrected chi connectivity index (χ2v) is 8.04. The Hall–Kier alpha value is -0.650. The van der Waals surface area contributed by atoms with Crippen LogP contribution in [-0.2, 0) is 9.53 Å². The quantitative estimate of drug-likeness (QED) is 0.768. The number of likely N-dealkylation sites (tertiary alicyclic amines) is 1. The minimum Gasteiger partial charge on any atom is -0.379 e. The topological polar surface area (TPSA) is 44.8 Å². The maximum absolute atomic E-state index is 12.4. The lowest BCUT2D eigenvalue weighted by atomic mass is 9.94.